The lowest BCUT2D eigenvalue weighted by atomic mass is 10.1. The molecule has 19 heavy (non-hydrogen) atoms. The van der Waals surface area contributed by atoms with Gasteiger partial charge in [0.15, 0.2) is 5.76 Å². The predicted molar refractivity (Wildman–Crippen MR) is 66.5 cm³/mol. The van der Waals surface area contributed by atoms with Gasteiger partial charge in [-0.3, -0.25) is 5.10 Å². The minimum Gasteiger partial charge on any atom is -0.461 e. The van der Waals surface area contributed by atoms with Gasteiger partial charge in [-0.25, -0.2) is 9.37 Å². The van der Waals surface area contributed by atoms with Gasteiger partial charge < -0.3 is 10.2 Å². The first kappa shape index (κ1) is 11.6. The smallest absolute Gasteiger partial charge is 0.216 e. The van der Waals surface area contributed by atoms with Gasteiger partial charge in [0.25, 0.3) is 0 Å². The highest BCUT2D eigenvalue weighted by atomic mass is 19.1. The van der Waals surface area contributed by atoms with Crippen LogP contribution < -0.4 is 5.73 Å². The fourth-order valence-corrected chi connectivity index (χ4v) is 1.76. The molecule has 5 nitrogen and oxygen atoms in total. The van der Waals surface area contributed by atoms with E-state index >= 15 is 0 Å². The Hall–Kier alpha value is -2.47. The van der Waals surface area contributed by atoms with E-state index in [1.54, 1.807) is 30.5 Å². The molecule has 1 aromatic carbocycles. The first-order chi connectivity index (χ1) is 9.24. The summed E-state index contributed by atoms with van der Waals surface area (Å²) in [5, 5.41) is 6.81. The van der Waals surface area contributed by atoms with Crippen LogP contribution in [-0.2, 0) is 0 Å². The number of H-pyrrole nitrogens is 1. The van der Waals surface area contributed by atoms with Crippen LogP contribution in [0.2, 0.25) is 0 Å². The molecule has 0 amide bonds. The Morgan fingerprint density at radius 1 is 1.21 bits per heavy atom. The van der Waals surface area contributed by atoms with E-state index in [9.17, 15) is 4.39 Å². The highest BCUT2D eigenvalue weighted by Gasteiger charge is 2.15. The Bertz CT molecular complexity index is 660. The molecule has 0 aliphatic heterocycles. The number of hydrogen-bond donors (Lipinski definition) is 2. The van der Waals surface area contributed by atoms with E-state index in [0.29, 0.717) is 17.4 Å². The average Bonchev–Trinajstić information content (AvgIpc) is 3.10. The van der Waals surface area contributed by atoms with Crippen LogP contribution in [0, 0.1) is 5.82 Å². The van der Waals surface area contributed by atoms with Gasteiger partial charge in [0.2, 0.25) is 5.82 Å². The molecule has 0 aliphatic rings. The third-order valence-corrected chi connectivity index (χ3v) is 2.77. The summed E-state index contributed by atoms with van der Waals surface area (Å²) in [7, 11) is 0. The number of nitrogens with one attached hydrogen (secondary N) is 1. The molecule has 96 valence electrons. The number of aromatic nitrogens is 3. The fourth-order valence-electron chi connectivity index (χ4n) is 1.76. The molecule has 0 bridgehead atoms. The minimum atomic E-state index is -0.489. The Labute approximate surface area is 108 Å². The standard InChI is InChI=1S/C13H11FN4O/c14-9-5-3-8(4-6-9)11(15)13-16-12(17-18-13)10-2-1-7-19-10/h1-7,11H,15H2,(H,16,17,18)/t11-/m0/s1. The van der Waals surface area contributed by atoms with Crippen LogP contribution in [0.3, 0.4) is 0 Å². The molecular formula is C13H11FN4O. The van der Waals surface area contributed by atoms with Gasteiger partial charge in [0.1, 0.15) is 11.6 Å². The molecule has 6 heteroatoms. The van der Waals surface area contributed by atoms with Crippen molar-refractivity contribution < 1.29 is 8.81 Å². The van der Waals surface area contributed by atoms with Crippen LogP contribution in [0.25, 0.3) is 11.6 Å². The molecule has 2 aromatic heterocycles. The molecule has 0 fully saturated rings. The number of furan rings is 1. The molecule has 3 N–H and O–H groups in total. The van der Waals surface area contributed by atoms with E-state index in [-0.39, 0.29) is 5.82 Å². The summed E-state index contributed by atoms with van der Waals surface area (Å²) in [6, 6.07) is 8.99. The molecule has 0 saturated heterocycles. The number of nitrogens with zero attached hydrogens (tertiary/aromatic N) is 2. The average molecular weight is 258 g/mol. The molecular weight excluding hydrogens is 247 g/mol. The van der Waals surface area contributed by atoms with Crippen molar-refractivity contribution >= 4 is 0 Å². The van der Waals surface area contributed by atoms with Crippen molar-refractivity contribution in [2.75, 3.05) is 0 Å². The Balaban J connectivity index is 1.88. The summed E-state index contributed by atoms with van der Waals surface area (Å²) in [6.45, 7) is 0. The lowest BCUT2D eigenvalue weighted by Gasteiger charge is -2.07. The largest absolute Gasteiger partial charge is 0.461 e. The van der Waals surface area contributed by atoms with E-state index in [0.717, 1.165) is 5.56 Å². The second kappa shape index (κ2) is 4.66. The second-order valence-electron chi connectivity index (χ2n) is 4.05. The molecule has 1 atom stereocenters. The number of benzene rings is 1. The highest BCUT2D eigenvalue weighted by molar-refractivity contribution is 5.45. The fraction of sp³-hybridized carbons (Fsp3) is 0.0769. The van der Waals surface area contributed by atoms with Crippen molar-refractivity contribution in [3.05, 3.63) is 59.9 Å². The SMILES string of the molecule is N[C@@H](c1ccc(F)cc1)c1nc(-c2ccco2)n[nH]1. The third kappa shape index (κ3) is 2.25. The van der Waals surface area contributed by atoms with Crippen molar-refractivity contribution in [2.24, 2.45) is 5.73 Å². The lowest BCUT2D eigenvalue weighted by Crippen LogP contribution is -2.13. The van der Waals surface area contributed by atoms with E-state index in [4.69, 9.17) is 10.2 Å². The van der Waals surface area contributed by atoms with Crippen molar-refractivity contribution in [3.63, 3.8) is 0 Å². The number of rotatable bonds is 3. The van der Waals surface area contributed by atoms with Crippen molar-refractivity contribution in [2.45, 2.75) is 6.04 Å². The van der Waals surface area contributed by atoms with Crippen LogP contribution in [0.1, 0.15) is 17.4 Å². The van der Waals surface area contributed by atoms with Crippen LogP contribution in [0.15, 0.2) is 47.1 Å². The zero-order valence-electron chi connectivity index (χ0n) is 9.88. The number of halogens is 1. The maximum absolute atomic E-state index is 12.9. The van der Waals surface area contributed by atoms with Gasteiger partial charge in [0, 0.05) is 0 Å². The number of hydrogen-bond acceptors (Lipinski definition) is 4. The normalized spacial score (nSPS) is 12.5. The van der Waals surface area contributed by atoms with Crippen LogP contribution in [0.4, 0.5) is 4.39 Å². The lowest BCUT2D eigenvalue weighted by molar-refractivity contribution is 0.577. The highest BCUT2D eigenvalue weighted by Crippen LogP contribution is 2.20. The van der Waals surface area contributed by atoms with Crippen LogP contribution in [-0.4, -0.2) is 15.2 Å². The zero-order valence-corrected chi connectivity index (χ0v) is 9.88. The molecule has 2 heterocycles. The van der Waals surface area contributed by atoms with Gasteiger partial charge in [-0.2, -0.15) is 0 Å². The number of nitrogens with two attached hydrogens (primary N) is 1. The van der Waals surface area contributed by atoms with Crippen molar-refractivity contribution in [3.8, 4) is 11.6 Å². The van der Waals surface area contributed by atoms with Crippen LogP contribution in [0.5, 0.6) is 0 Å². The molecule has 0 radical (unpaired) electrons. The summed E-state index contributed by atoms with van der Waals surface area (Å²) in [6.07, 6.45) is 1.55. The Morgan fingerprint density at radius 2 is 2.00 bits per heavy atom. The monoisotopic (exact) mass is 258 g/mol. The summed E-state index contributed by atoms with van der Waals surface area (Å²) < 4.78 is 18.1. The van der Waals surface area contributed by atoms with Crippen molar-refractivity contribution in [1.82, 2.24) is 15.2 Å². The molecule has 0 spiro atoms. The molecule has 3 aromatic rings. The minimum absolute atomic E-state index is 0.301. The summed E-state index contributed by atoms with van der Waals surface area (Å²) >= 11 is 0. The van der Waals surface area contributed by atoms with E-state index in [1.165, 1.54) is 12.1 Å². The molecule has 3 rings (SSSR count). The van der Waals surface area contributed by atoms with E-state index in [2.05, 4.69) is 15.2 Å². The molecule has 0 saturated carbocycles. The van der Waals surface area contributed by atoms with Gasteiger partial charge in [-0.05, 0) is 29.8 Å². The maximum Gasteiger partial charge on any atom is 0.216 e. The van der Waals surface area contributed by atoms with Gasteiger partial charge in [-0.1, -0.05) is 12.1 Å². The first-order valence-corrected chi connectivity index (χ1v) is 5.71. The van der Waals surface area contributed by atoms with Crippen molar-refractivity contribution in [1.29, 1.82) is 0 Å². The second-order valence-corrected chi connectivity index (χ2v) is 4.05. The van der Waals surface area contributed by atoms with Gasteiger partial charge in [0.05, 0.1) is 12.3 Å². The number of aromatic amines is 1. The van der Waals surface area contributed by atoms with E-state index < -0.39 is 6.04 Å². The predicted octanol–water partition coefficient (Wildman–Crippen LogP) is 2.25. The molecule has 0 unspecified atom stereocenters. The Kier molecular flexibility index (Phi) is 2.85. The summed E-state index contributed by atoms with van der Waals surface area (Å²) in [5.41, 5.74) is 6.80. The Morgan fingerprint density at radius 3 is 2.68 bits per heavy atom. The van der Waals surface area contributed by atoms with Gasteiger partial charge in [-0.15, -0.1) is 5.10 Å². The van der Waals surface area contributed by atoms with Gasteiger partial charge >= 0.3 is 0 Å². The zero-order chi connectivity index (χ0) is 13.2. The topological polar surface area (TPSA) is 80.7 Å². The third-order valence-electron chi connectivity index (χ3n) is 2.77. The van der Waals surface area contributed by atoms with E-state index in [1.807, 2.05) is 0 Å². The first-order valence-electron chi connectivity index (χ1n) is 5.71. The maximum atomic E-state index is 12.9. The summed E-state index contributed by atoms with van der Waals surface area (Å²) in [4.78, 5) is 4.27. The quantitative estimate of drug-likeness (QED) is 0.755. The van der Waals surface area contributed by atoms with Crippen LogP contribution >= 0.6 is 0 Å². The summed E-state index contributed by atoms with van der Waals surface area (Å²) in [5.74, 6) is 1.20. The molecule has 0 aliphatic carbocycles.